The molecule has 1 aliphatic carbocycles. The Morgan fingerprint density at radius 3 is 2.23 bits per heavy atom. The van der Waals surface area contributed by atoms with Crippen molar-refractivity contribution < 1.29 is 0 Å². The van der Waals surface area contributed by atoms with Crippen LogP contribution < -0.4 is 0 Å². The monoisotopic (exact) mass is 416 g/mol. The van der Waals surface area contributed by atoms with Crippen LogP contribution in [0.15, 0.2) is 60.7 Å². The number of aromatic nitrogens is 4. The topological polar surface area (TPSA) is 50.1 Å². The van der Waals surface area contributed by atoms with E-state index in [-0.39, 0.29) is 6.04 Å². The first-order chi connectivity index (χ1) is 15.4. The van der Waals surface area contributed by atoms with Crippen molar-refractivity contribution in [3.63, 3.8) is 0 Å². The normalized spacial score (nSPS) is 19.6. The fourth-order valence-corrected chi connectivity index (χ4v) is 5.24. The van der Waals surface area contributed by atoms with Crippen LogP contribution in [0.3, 0.4) is 0 Å². The summed E-state index contributed by atoms with van der Waals surface area (Å²) in [6.45, 7) is 5.18. The van der Waals surface area contributed by atoms with Crippen LogP contribution in [-0.2, 0) is 13.0 Å². The Balaban J connectivity index is 1.35. The van der Waals surface area contributed by atoms with Crippen molar-refractivity contribution >= 4 is 0 Å². The fraction of sp³-hybridized carbons (Fsp3) is 0.480. The molecule has 3 aromatic rings. The third-order valence-corrected chi connectivity index (χ3v) is 6.93. The van der Waals surface area contributed by atoms with Gasteiger partial charge in [-0.1, -0.05) is 73.5 Å². The van der Waals surface area contributed by atoms with E-state index in [0.717, 1.165) is 51.0 Å². The molecule has 2 aliphatic rings. The first kappa shape index (κ1) is 20.3. The fourth-order valence-electron chi connectivity index (χ4n) is 5.24. The number of hydrogen-bond acceptors (Lipinski definition) is 5. The minimum atomic E-state index is 0.0951. The molecule has 5 rings (SSSR count). The summed E-state index contributed by atoms with van der Waals surface area (Å²) >= 11 is 0. The van der Waals surface area contributed by atoms with Crippen molar-refractivity contribution in [1.29, 1.82) is 0 Å². The zero-order chi connectivity index (χ0) is 20.9. The molecule has 0 amide bonds. The number of benzene rings is 2. The highest BCUT2D eigenvalue weighted by Crippen LogP contribution is 2.30. The smallest absolute Gasteiger partial charge is 0.173 e. The highest BCUT2D eigenvalue weighted by atomic mass is 15.6. The van der Waals surface area contributed by atoms with Gasteiger partial charge in [0.25, 0.3) is 0 Å². The van der Waals surface area contributed by atoms with Gasteiger partial charge in [-0.25, -0.2) is 4.68 Å². The van der Waals surface area contributed by atoms with E-state index < -0.39 is 0 Å². The Hall–Kier alpha value is -2.57. The molecule has 162 valence electrons. The van der Waals surface area contributed by atoms with Gasteiger partial charge in [-0.3, -0.25) is 9.80 Å². The van der Waals surface area contributed by atoms with Gasteiger partial charge in [-0.2, -0.15) is 0 Å². The molecule has 1 aromatic heterocycles. The summed E-state index contributed by atoms with van der Waals surface area (Å²) in [7, 11) is 0. The molecule has 1 saturated heterocycles. The zero-order valence-corrected chi connectivity index (χ0v) is 18.2. The van der Waals surface area contributed by atoms with Gasteiger partial charge in [0.05, 0.1) is 6.04 Å². The molecule has 0 radical (unpaired) electrons. The summed E-state index contributed by atoms with van der Waals surface area (Å²) in [6, 6.07) is 22.2. The highest BCUT2D eigenvalue weighted by Gasteiger charge is 2.32. The third kappa shape index (κ3) is 4.70. The van der Waals surface area contributed by atoms with E-state index >= 15 is 0 Å². The molecule has 1 saturated carbocycles. The van der Waals surface area contributed by atoms with E-state index in [9.17, 15) is 0 Å². The van der Waals surface area contributed by atoms with Crippen LogP contribution in [0.4, 0.5) is 0 Å². The molecule has 0 spiro atoms. The van der Waals surface area contributed by atoms with Crippen LogP contribution in [0.5, 0.6) is 0 Å². The first-order valence-corrected chi connectivity index (χ1v) is 11.7. The number of hydrogen-bond donors (Lipinski definition) is 0. The molecule has 1 aliphatic heterocycles. The van der Waals surface area contributed by atoms with E-state index in [1.807, 2.05) is 4.68 Å². The Morgan fingerprint density at radius 1 is 0.839 bits per heavy atom. The van der Waals surface area contributed by atoms with Gasteiger partial charge in [0.2, 0.25) is 0 Å². The number of aryl methyl sites for hydroxylation is 2. The van der Waals surface area contributed by atoms with Crippen LogP contribution in [0, 0.1) is 0 Å². The largest absolute Gasteiger partial charge is 0.298 e. The molecular weight excluding hydrogens is 384 g/mol. The average molecular weight is 417 g/mol. The van der Waals surface area contributed by atoms with Crippen molar-refractivity contribution in [2.45, 2.75) is 50.7 Å². The third-order valence-electron chi connectivity index (χ3n) is 6.93. The Morgan fingerprint density at radius 2 is 1.52 bits per heavy atom. The quantitative estimate of drug-likeness (QED) is 0.589. The van der Waals surface area contributed by atoms with Gasteiger partial charge < -0.3 is 0 Å². The van der Waals surface area contributed by atoms with E-state index in [4.69, 9.17) is 0 Å². The van der Waals surface area contributed by atoms with E-state index in [1.165, 1.54) is 36.8 Å². The second-order valence-corrected chi connectivity index (χ2v) is 8.82. The number of rotatable bonds is 7. The molecule has 2 fully saturated rings. The van der Waals surface area contributed by atoms with Gasteiger partial charge in [0, 0.05) is 38.8 Å². The molecule has 0 bridgehead atoms. The molecule has 1 atom stereocenters. The Labute approximate surface area is 184 Å². The maximum Gasteiger partial charge on any atom is 0.173 e. The van der Waals surface area contributed by atoms with Crippen LogP contribution in [0.25, 0.3) is 0 Å². The number of nitrogens with zero attached hydrogens (tertiary/aromatic N) is 6. The molecule has 2 aromatic carbocycles. The second kappa shape index (κ2) is 9.71. The van der Waals surface area contributed by atoms with Gasteiger partial charge >= 0.3 is 0 Å². The predicted molar refractivity (Wildman–Crippen MR) is 122 cm³/mol. The van der Waals surface area contributed by atoms with E-state index in [2.05, 4.69) is 86.0 Å². The minimum absolute atomic E-state index is 0.0951. The summed E-state index contributed by atoms with van der Waals surface area (Å²) in [5, 5.41) is 13.0. The van der Waals surface area contributed by atoms with Crippen molar-refractivity contribution in [2.75, 3.05) is 26.2 Å². The molecule has 6 heteroatoms. The maximum absolute atomic E-state index is 4.52. The Bertz CT molecular complexity index is 927. The van der Waals surface area contributed by atoms with E-state index in [1.54, 1.807) is 0 Å². The standard InChI is InChI=1S/C25H32N6/c1-3-9-21(10-4-1)15-16-31-25(26-27-28-31)24(22-11-5-2-6-12-22)30-19-17-29(18-20-30)23-13-7-8-14-23/h1-6,9-12,23-24H,7-8,13-20H2/t24-/m0/s1. The number of piperazine rings is 1. The maximum atomic E-state index is 4.52. The average Bonchev–Trinajstić information content (AvgIpc) is 3.53. The predicted octanol–water partition coefficient (Wildman–Crippen LogP) is 3.57. The lowest BCUT2D eigenvalue weighted by molar-refractivity contribution is 0.0770. The summed E-state index contributed by atoms with van der Waals surface area (Å²) < 4.78 is 2.01. The van der Waals surface area contributed by atoms with Crippen molar-refractivity contribution in [2.24, 2.45) is 0 Å². The molecule has 0 N–H and O–H groups in total. The van der Waals surface area contributed by atoms with Crippen molar-refractivity contribution in [3.05, 3.63) is 77.6 Å². The van der Waals surface area contributed by atoms with Crippen molar-refractivity contribution in [1.82, 2.24) is 30.0 Å². The van der Waals surface area contributed by atoms with Crippen LogP contribution in [0.2, 0.25) is 0 Å². The second-order valence-electron chi connectivity index (χ2n) is 8.82. The van der Waals surface area contributed by atoms with E-state index in [0.29, 0.717) is 0 Å². The lowest BCUT2D eigenvalue weighted by Crippen LogP contribution is -2.51. The molecule has 0 unspecified atom stereocenters. The lowest BCUT2D eigenvalue weighted by Gasteiger charge is -2.41. The zero-order valence-electron chi connectivity index (χ0n) is 18.2. The Kier molecular flexibility index (Phi) is 6.37. The summed E-state index contributed by atoms with van der Waals surface area (Å²) in [6.07, 6.45) is 6.47. The SMILES string of the molecule is c1ccc(CCn2nnnc2[C@H](c2ccccc2)N2CCN(C3CCCC3)CC2)cc1. The summed E-state index contributed by atoms with van der Waals surface area (Å²) in [5.74, 6) is 0.955. The highest BCUT2D eigenvalue weighted by molar-refractivity contribution is 5.25. The van der Waals surface area contributed by atoms with Crippen molar-refractivity contribution in [3.8, 4) is 0 Å². The molecule has 6 nitrogen and oxygen atoms in total. The lowest BCUT2D eigenvalue weighted by atomic mass is 10.0. The number of tetrazole rings is 1. The summed E-state index contributed by atoms with van der Waals surface area (Å²) in [4.78, 5) is 5.29. The van der Waals surface area contributed by atoms with Gasteiger partial charge in [0.15, 0.2) is 5.82 Å². The van der Waals surface area contributed by atoms with Crippen LogP contribution in [0.1, 0.15) is 48.7 Å². The minimum Gasteiger partial charge on any atom is -0.298 e. The first-order valence-electron chi connectivity index (χ1n) is 11.7. The van der Waals surface area contributed by atoms with Crippen LogP contribution >= 0.6 is 0 Å². The summed E-state index contributed by atoms with van der Waals surface area (Å²) in [5.41, 5.74) is 2.58. The van der Waals surface area contributed by atoms with Crippen LogP contribution in [-0.4, -0.2) is 62.2 Å². The molecule has 31 heavy (non-hydrogen) atoms. The molecule has 2 heterocycles. The van der Waals surface area contributed by atoms with Gasteiger partial charge in [0.1, 0.15) is 0 Å². The van der Waals surface area contributed by atoms with Gasteiger partial charge in [-0.15, -0.1) is 5.10 Å². The molecular formula is C25H32N6. The van der Waals surface area contributed by atoms with Gasteiger partial charge in [-0.05, 0) is 40.8 Å².